The van der Waals surface area contributed by atoms with Crippen molar-refractivity contribution < 1.29 is 14.3 Å². The Kier molecular flexibility index (Phi) is 5.10. The molecule has 2 atom stereocenters. The van der Waals surface area contributed by atoms with Gasteiger partial charge in [-0.1, -0.05) is 12.8 Å². The van der Waals surface area contributed by atoms with Gasteiger partial charge in [0.25, 0.3) is 0 Å². The molecule has 0 saturated heterocycles. The fourth-order valence-corrected chi connectivity index (χ4v) is 3.16. The summed E-state index contributed by atoms with van der Waals surface area (Å²) in [5.41, 5.74) is 0.923. The average Bonchev–Trinajstić information content (AvgIpc) is 3.09. The number of anilines is 1. The molecule has 6 nitrogen and oxygen atoms in total. The number of halogens is 1. The number of amides is 2. The van der Waals surface area contributed by atoms with Gasteiger partial charge in [-0.05, 0) is 37.1 Å². The lowest BCUT2D eigenvalue weighted by molar-refractivity contribution is 0.156. The van der Waals surface area contributed by atoms with E-state index in [-0.39, 0.29) is 18.6 Å². The van der Waals surface area contributed by atoms with Crippen molar-refractivity contribution in [3.8, 4) is 5.69 Å². The fraction of sp³-hybridized carbons (Fsp3) is 0.412. The van der Waals surface area contributed by atoms with E-state index in [9.17, 15) is 14.3 Å². The molecule has 1 aromatic heterocycles. The van der Waals surface area contributed by atoms with Crippen LogP contribution in [-0.4, -0.2) is 33.6 Å². The Bertz CT molecular complexity index is 690. The number of benzene rings is 1. The predicted molar refractivity (Wildman–Crippen MR) is 88.5 cm³/mol. The Balaban J connectivity index is 1.73. The van der Waals surface area contributed by atoms with Gasteiger partial charge in [-0.3, -0.25) is 0 Å². The maximum Gasteiger partial charge on any atom is 0.319 e. The molecular weight excluding hydrogens is 311 g/mol. The van der Waals surface area contributed by atoms with Crippen LogP contribution in [0.4, 0.5) is 14.9 Å². The van der Waals surface area contributed by atoms with E-state index in [4.69, 9.17) is 0 Å². The number of nitrogens with zero attached hydrogens (tertiary/aromatic N) is 2. The van der Waals surface area contributed by atoms with E-state index in [1.807, 2.05) is 0 Å². The Morgan fingerprint density at radius 3 is 2.96 bits per heavy atom. The van der Waals surface area contributed by atoms with Crippen LogP contribution >= 0.6 is 0 Å². The highest BCUT2D eigenvalue weighted by molar-refractivity contribution is 5.91. The standard InChI is InChI=1S/C17H21FN4O2/c18-13-6-7-16(22-9-3-8-19-22)15(10-13)21-17(24)20-14-5-2-1-4-12(14)11-23/h3,6-10,12,14,23H,1-2,4-5,11H2,(H2,20,21,24). The van der Waals surface area contributed by atoms with Crippen LogP contribution in [0.25, 0.3) is 5.69 Å². The summed E-state index contributed by atoms with van der Waals surface area (Å²) >= 11 is 0. The van der Waals surface area contributed by atoms with Gasteiger partial charge < -0.3 is 15.7 Å². The molecule has 2 unspecified atom stereocenters. The first kappa shape index (κ1) is 16.4. The van der Waals surface area contributed by atoms with E-state index >= 15 is 0 Å². The molecule has 0 bridgehead atoms. The molecule has 1 fully saturated rings. The van der Waals surface area contributed by atoms with Crippen molar-refractivity contribution in [2.45, 2.75) is 31.7 Å². The molecule has 2 amide bonds. The van der Waals surface area contributed by atoms with Crippen LogP contribution < -0.4 is 10.6 Å². The summed E-state index contributed by atoms with van der Waals surface area (Å²) in [6.45, 7) is 0.0590. The van der Waals surface area contributed by atoms with Gasteiger partial charge in [0, 0.05) is 31.0 Å². The molecule has 24 heavy (non-hydrogen) atoms. The molecule has 0 spiro atoms. The van der Waals surface area contributed by atoms with Crippen LogP contribution in [0.5, 0.6) is 0 Å². The maximum atomic E-state index is 13.6. The van der Waals surface area contributed by atoms with Crippen LogP contribution in [0.1, 0.15) is 25.7 Å². The largest absolute Gasteiger partial charge is 0.396 e. The SMILES string of the molecule is O=C(Nc1cc(F)ccc1-n1cccn1)NC1CCCCC1CO. The Morgan fingerprint density at radius 2 is 2.21 bits per heavy atom. The third-order valence-corrected chi connectivity index (χ3v) is 4.42. The Labute approximate surface area is 139 Å². The second-order valence-electron chi connectivity index (χ2n) is 6.04. The smallest absolute Gasteiger partial charge is 0.319 e. The summed E-state index contributed by atoms with van der Waals surface area (Å²) in [5.74, 6) is -0.366. The molecule has 1 saturated carbocycles. The van der Waals surface area contributed by atoms with Gasteiger partial charge in [0.2, 0.25) is 0 Å². The van der Waals surface area contributed by atoms with Crippen molar-refractivity contribution in [3.63, 3.8) is 0 Å². The number of rotatable bonds is 4. The zero-order valence-electron chi connectivity index (χ0n) is 13.3. The van der Waals surface area contributed by atoms with E-state index in [2.05, 4.69) is 15.7 Å². The summed E-state index contributed by atoms with van der Waals surface area (Å²) in [6.07, 6.45) is 7.17. The van der Waals surface area contributed by atoms with E-state index < -0.39 is 11.8 Å². The van der Waals surface area contributed by atoms with Crippen molar-refractivity contribution in [3.05, 3.63) is 42.5 Å². The second kappa shape index (κ2) is 7.44. The minimum Gasteiger partial charge on any atom is -0.396 e. The molecule has 128 valence electrons. The average molecular weight is 332 g/mol. The highest BCUT2D eigenvalue weighted by Gasteiger charge is 2.26. The van der Waals surface area contributed by atoms with Gasteiger partial charge in [-0.15, -0.1) is 0 Å². The highest BCUT2D eigenvalue weighted by Crippen LogP contribution is 2.25. The first-order chi connectivity index (χ1) is 11.7. The van der Waals surface area contributed by atoms with Gasteiger partial charge >= 0.3 is 6.03 Å². The Morgan fingerprint density at radius 1 is 1.38 bits per heavy atom. The number of nitrogens with one attached hydrogen (secondary N) is 2. The van der Waals surface area contributed by atoms with Crippen molar-refractivity contribution in [2.75, 3.05) is 11.9 Å². The molecule has 3 rings (SSSR count). The lowest BCUT2D eigenvalue weighted by Crippen LogP contribution is -2.45. The molecule has 0 radical (unpaired) electrons. The number of aliphatic hydroxyl groups is 1. The van der Waals surface area contributed by atoms with Crippen LogP contribution in [0, 0.1) is 11.7 Å². The van der Waals surface area contributed by atoms with Gasteiger partial charge in [0.05, 0.1) is 11.4 Å². The molecule has 0 aliphatic heterocycles. The normalized spacial score (nSPS) is 20.6. The zero-order chi connectivity index (χ0) is 16.9. The summed E-state index contributed by atoms with van der Waals surface area (Å²) in [5, 5.41) is 19.1. The lowest BCUT2D eigenvalue weighted by atomic mass is 9.85. The molecule has 1 aliphatic carbocycles. The summed E-state index contributed by atoms with van der Waals surface area (Å²) < 4.78 is 15.1. The summed E-state index contributed by atoms with van der Waals surface area (Å²) in [7, 11) is 0. The number of aromatic nitrogens is 2. The summed E-state index contributed by atoms with van der Waals surface area (Å²) in [4.78, 5) is 12.3. The van der Waals surface area contributed by atoms with Crippen molar-refractivity contribution >= 4 is 11.7 Å². The monoisotopic (exact) mass is 332 g/mol. The van der Waals surface area contributed by atoms with Gasteiger partial charge in [-0.2, -0.15) is 5.10 Å². The highest BCUT2D eigenvalue weighted by atomic mass is 19.1. The first-order valence-corrected chi connectivity index (χ1v) is 8.15. The fourth-order valence-electron chi connectivity index (χ4n) is 3.16. The molecule has 1 heterocycles. The number of aliphatic hydroxyl groups excluding tert-OH is 1. The zero-order valence-corrected chi connectivity index (χ0v) is 13.3. The second-order valence-corrected chi connectivity index (χ2v) is 6.04. The van der Waals surface area contributed by atoms with Crippen molar-refractivity contribution in [2.24, 2.45) is 5.92 Å². The van der Waals surface area contributed by atoms with Crippen LogP contribution in [0.15, 0.2) is 36.7 Å². The van der Waals surface area contributed by atoms with E-state index in [1.165, 1.54) is 12.1 Å². The molecular formula is C17H21FN4O2. The van der Waals surface area contributed by atoms with E-state index in [1.54, 1.807) is 29.2 Å². The number of hydrogen-bond donors (Lipinski definition) is 3. The molecule has 1 aromatic carbocycles. The third-order valence-electron chi connectivity index (χ3n) is 4.42. The first-order valence-electron chi connectivity index (χ1n) is 8.15. The number of urea groups is 1. The van der Waals surface area contributed by atoms with Crippen LogP contribution in [0.3, 0.4) is 0 Å². The lowest BCUT2D eigenvalue weighted by Gasteiger charge is -2.30. The van der Waals surface area contributed by atoms with Gasteiger partial charge in [-0.25, -0.2) is 13.9 Å². The minimum atomic E-state index is -0.438. The molecule has 7 heteroatoms. The van der Waals surface area contributed by atoms with Crippen molar-refractivity contribution in [1.29, 1.82) is 0 Å². The van der Waals surface area contributed by atoms with Crippen molar-refractivity contribution in [1.82, 2.24) is 15.1 Å². The minimum absolute atomic E-state index is 0.0590. The maximum absolute atomic E-state index is 13.6. The summed E-state index contributed by atoms with van der Waals surface area (Å²) in [6, 6.07) is 5.44. The van der Waals surface area contributed by atoms with Crippen LogP contribution in [-0.2, 0) is 0 Å². The van der Waals surface area contributed by atoms with Gasteiger partial charge in [0.1, 0.15) is 5.82 Å². The quantitative estimate of drug-likeness (QED) is 0.805. The number of carbonyl (C=O) groups excluding carboxylic acids is 1. The number of carbonyl (C=O) groups is 1. The number of hydrogen-bond acceptors (Lipinski definition) is 3. The van der Waals surface area contributed by atoms with Gasteiger partial charge in [0.15, 0.2) is 0 Å². The molecule has 2 aromatic rings. The molecule has 3 N–H and O–H groups in total. The van der Waals surface area contributed by atoms with Crippen LogP contribution in [0.2, 0.25) is 0 Å². The molecule has 1 aliphatic rings. The Hall–Kier alpha value is -2.41. The van der Waals surface area contributed by atoms with E-state index in [0.717, 1.165) is 25.7 Å². The topological polar surface area (TPSA) is 79.2 Å². The predicted octanol–water partition coefficient (Wildman–Crippen LogP) is 2.68. The van der Waals surface area contributed by atoms with E-state index in [0.29, 0.717) is 11.4 Å². The third kappa shape index (κ3) is 3.73.